The Morgan fingerprint density at radius 3 is 2.50 bits per heavy atom. The van der Waals surface area contributed by atoms with Crippen molar-refractivity contribution in [2.24, 2.45) is 0 Å². The molecule has 0 fully saturated rings. The fraction of sp³-hybridized carbons (Fsp3) is 0.0909. The molecule has 0 radical (unpaired) electrons. The van der Waals surface area contributed by atoms with Gasteiger partial charge in [-0.15, -0.1) is 0 Å². The molecule has 0 aliphatic rings. The van der Waals surface area contributed by atoms with Crippen molar-refractivity contribution in [3.05, 3.63) is 44.7 Å². The Balaban J connectivity index is 2.33. The molecular formula is C11H5BrCl2F3N3. The molecule has 20 heavy (non-hydrogen) atoms. The Bertz CT molecular complexity index is 649. The Morgan fingerprint density at radius 1 is 1.20 bits per heavy atom. The molecule has 1 aromatic carbocycles. The molecule has 3 nitrogen and oxygen atoms in total. The van der Waals surface area contributed by atoms with Gasteiger partial charge in [0.15, 0.2) is 0 Å². The summed E-state index contributed by atoms with van der Waals surface area (Å²) in [4.78, 5) is 7.63. The largest absolute Gasteiger partial charge is 0.416 e. The highest BCUT2D eigenvalue weighted by atomic mass is 79.9. The van der Waals surface area contributed by atoms with E-state index in [4.69, 9.17) is 23.2 Å². The molecule has 0 saturated heterocycles. The van der Waals surface area contributed by atoms with Crippen molar-refractivity contribution in [1.29, 1.82) is 0 Å². The van der Waals surface area contributed by atoms with Crippen LogP contribution in [0.15, 0.2) is 28.9 Å². The van der Waals surface area contributed by atoms with Gasteiger partial charge in [0.25, 0.3) is 0 Å². The molecule has 1 aromatic heterocycles. The van der Waals surface area contributed by atoms with Gasteiger partial charge in [-0.05, 0) is 45.7 Å². The van der Waals surface area contributed by atoms with Gasteiger partial charge in [-0.1, -0.05) is 11.6 Å². The van der Waals surface area contributed by atoms with Gasteiger partial charge in [-0.25, -0.2) is 4.98 Å². The zero-order valence-corrected chi connectivity index (χ0v) is 12.6. The van der Waals surface area contributed by atoms with Crippen LogP contribution in [0.5, 0.6) is 0 Å². The second-order valence-corrected chi connectivity index (χ2v) is 5.25. The minimum atomic E-state index is -4.44. The van der Waals surface area contributed by atoms with E-state index in [0.717, 1.165) is 12.1 Å². The summed E-state index contributed by atoms with van der Waals surface area (Å²) in [6.07, 6.45) is -3.03. The molecule has 0 aliphatic carbocycles. The Labute approximate surface area is 130 Å². The molecule has 0 saturated carbocycles. The van der Waals surface area contributed by atoms with E-state index in [9.17, 15) is 13.2 Å². The van der Waals surface area contributed by atoms with Gasteiger partial charge in [-0.2, -0.15) is 18.2 Å². The predicted octanol–water partition coefficient (Wildman–Crippen LogP) is 5.31. The predicted molar refractivity (Wildman–Crippen MR) is 74.5 cm³/mol. The Morgan fingerprint density at radius 2 is 1.90 bits per heavy atom. The van der Waals surface area contributed by atoms with Crippen molar-refractivity contribution >= 4 is 50.6 Å². The van der Waals surface area contributed by atoms with Gasteiger partial charge in [0.1, 0.15) is 5.82 Å². The van der Waals surface area contributed by atoms with Crippen LogP contribution in [-0.2, 0) is 6.18 Å². The first-order valence-electron chi connectivity index (χ1n) is 5.09. The number of hydrogen-bond donors (Lipinski definition) is 1. The van der Waals surface area contributed by atoms with Gasteiger partial charge in [-0.3, -0.25) is 0 Å². The SMILES string of the molecule is FC(F)(F)c1ccc(Nc2nc(Cl)ncc2Br)c(Cl)c1. The number of nitrogens with one attached hydrogen (secondary N) is 1. The minimum absolute atomic E-state index is 0.00117. The molecule has 2 aromatic rings. The fourth-order valence-electron chi connectivity index (χ4n) is 1.35. The zero-order valence-electron chi connectivity index (χ0n) is 9.47. The molecule has 0 bridgehead atoms. The van der Waals surface area contributed by atoms with Gasteiger partial charge in [0.2, 0.25) is 5.28 Å². The van der Waals surface area contributed by atoms with Crippen LogP contribution in [0.25, 0.3) is 0 Å². The van der Waals surface area contributed by atoms with Gasteiger partial charge in [0, 0.05) is 6.20 Å². The standard InChI is InChI=1S/C11H5BrCl2F3N3/c12-6-4-18-10(14)20-9(6)19-8-2-1-5(3-7(8)13)11(15,16)17/h1-4H,(H,18,19,20). The quantitative estimate of drug-likeness (QED) is 0.711. The molecule has 9 heteroatoms. The van der Waals surface area contributed by atoms with E-state index in [1.54, 1.807) is 0 Å². The average Bonchev–Trinajstić information content (AvgIpc) is 2.35. The van der Waals surface area contributed by atoms with Crippen LogP contribution >= 0.6 is 39.1 Å². The maximum absolute atomic E-state index is 12.5. The molecule has 0 spiro atoms. The summed E-state index contributed by atoms with van der Waals surface area (Å²) in [5, 5.41) is 2.70. The highest BCUT2D eigenvalue weighted by Crippen LogP contribution is 2.35. The topological polar surface area (TPSA) is 37.8 Å². The molecule has 0 aliphatic heterocycles. The number of anilines is 2. The maximum atomic E-state index is 12.5. The van der Waals surface area contributed by atoms with Crippen molar-refractivity contribution in [2.75, 3.05) is 5.32 Å². The molecule has 1 N–H and O–H groups in total. The first-order chi connectivity index (χ1) is 9.27. The molecule has 0 atom stereocenters. The lowest BCUT2D eigenvalue weighted by Gasteiger charge is -2.12. The Kier molecular flexibility index (Phi) is 4.41. The first-order valence-corrected chi connectivity index (χ1v) is 6.64. The number of nitrogens with zero attached hydrogens (tertiary/aromatic N) is 2. The second-order valence-electron chi connectivity index (χ2n) is 3.65. The van der Waals surface area contributed by atoms with Gasteiger partial charge >= 0.3 is 6.18 Å². The summed E-state index contributed by atoms with van der Waals surface area (Å²) in [6.45, 7) is 0. The molecular weight excluding hydrogens is 382 g/mol. The summed E-state index contributed by atoms with van der Waals surface area (Å²) in [5.74, 6) is 0.298. The van der Waals surface area contributed by atoms with Crippen LogP contribution in [0.2, 0.25) is 10.3 Å². The molecule has 106 valence electrons. The van der Waals surface area contributed by atoms with Crippen LogP contribution in [0.4, 0.5) is 24.7 Å². The summed E-state index contributed by atoms with van der Waals surface area (Å²) in [6, 6.07) is 2.97. The third-order valence-electron chi connectivity index (χ3n) is 2.26. The lowest BCUT2D eigenvalue weighted by atomic mass is 10.2. The number of alkyl halides is 3. The van der Waals surface area contributed by atoms with Crippen LogP contribution in [0.3, 0.4) is 0 Å². The number of halogens is 6. The van der Waals surface area contributed by atoms with Crippen molar-refractivity contribution in [3.8, 4) is 0 Å². The van der Waals surface area contributed by atoms with E-state index in [1.165, 1.54) is 12.3 Å². The minimum Gasteiger partial charge on any atom is -0.338 e. The van der Waals surface area contributed by atoms with Gasteiger partial charge < -0.3 is 5.32 Å². The van der Waals surface area contributed by atoms with E-state index in [1.807, 2.05) is 0 Å². The monoisotopic (exact) mass is 385 g/mol. The summed E-state index contributed by atoms with van der Waals surface area (Å²) in [7, 11) is 0. The molecule has 1 heterocycles. The van der Waals surface area contributed by atoms with Crippen molar-refractivity contribution in [1.82, 2.24) is 9.97 Å². The highest BCUT2D eigenvalue weighted by Gasteiger charge is 2.30. The normalized spacial score (nSPS) is 11.5. The first kappa shape index (κ1) is 15.3. The smallest absolute Gasteiger partial charge is 0.338 e. The Hall–Kier alpha value is -1.05. The van der Waals surface area contributed by atoms with Crippen LogP contribution in [-0.4, -0.2) is 9.97 Å². The molecule has 0 unspecified atom stereocenters. The van der Waals surface area contributed by atoms with E-state index in [-0.39, 0.29) is 16.0 Å². The highest BCUT2D eigenvalue weighted by molar-refractivity contribution is 9.10. The van der Waals surface area contributed by atoms with E-state index >= 15 is 0 Å². The maximum Gasteiger partial charge on any atom is 0.416 e. The number of benzene rings is 1. The second kappa shape index (κ2) is 5.75. The summed E-state index contributed by atoms with van der Waals surface area (Å²) >= 11 is 14.7. The molecule has 2 rings (SSSR count). The fourth-order valence-corrected chi connectivity index (χ4v) is 2.00. The van der Waals surface area contributed by atoms with E-state index in [0.29, 0.717) is 10.3 Å². The van der Waals surface area contributed by atoms with Crippen LogP contribution in [0, 0.1) is 0 Å². The number of hydrogen-bond acceptors (Lipinski definition) is 3. The third kappa shape index (κ3) is 3.53. The lowest BCUT2D eigenvalue weighted by Crippen LogP contribution is -2.05. The van der Waals surface area contributed by atoms with E-state index in [2.05, 4.69) is 31.2 Å². The van der Waals surface area contributed by atoms with Gasteiger partial charge in [0.05, 0.1) is 20.7 Å². The van der Waals surface area contributed by atoms with Crippen molar-refractivity contribution < 1.29 is 13.2 Å². The van der Waals surface area contributed by atoms with Crippen LogP contribution < -0.4 is 5.32 Å². The zero-order chi connectivity index (χ0) is 14.9. The molecule has 0 amide bonds. The van der Waals surface area contributed by atoms with E-state index < -0.39 is 11.7 Å². The lowest BCUT2D eigenvalue weighted by molar-refractivity contribution is -0.137. The van der Waals surface area contributed by atoms with Crippen molar-refractivity contribution in [2.45, 2.75) is 6.18 Å². The van der Waals surface area contributed by atoms with Crippen molar-refractivity contribution in [3.63, 3.8) is 0 Å². The summed E-state index contributed by atoms with van der Waals surface area (Å²) < 4.78 is 38.1. The number of aromatic nitrogens is 2. The third-order valence-corrected chi connectivity index (χ3v) is 3.34. The average molecular weight is 387 g/mol. The number of rotatable bonds is 2. The van der Waals surface area contributed by atoms with Crippen LogP contribution in [0.1, 0.15) is 5.56 Å². The summed E-state index contributed by atoms with van der Waals surface area (Å²) in [5.41, 5.74) is -0.553.